The quantitative estimate of drug-likeness (QED) is 0.719. The molecular weight excluding hydrogens is 191 g/mol. The average Bonchev–Trinajstić information content (AvgIpc) is 2.06. The van der Waals surface area contributed by atoms with Crippen molar-refractivity contribution in [3.05, 3.63) is 0 Å². The summed E-state index contributed by atoms with van der Waals surface area (Å²) in [6, 6.07) is 0. The lowest BCUT2D eigenvalue weighted by Gasteiger charge is -2.23. The Morgan fingerprint density at radius 2 is 2.08 bits per heavy atom. The van der Waals surface area contributed by atoms with Crippen LogP contribution in [0.25, 0.3) is 0 Å². The lowest BCUT2D eigenvalue weighted by Crippen LogP contribution is -2.13. The first-order chi connectivity index (χ1) is 5.83. The van der Waals surface area contributed by atoms with Crippen molar-refractivity contribution in [3.8, 4) is 0 Å². The van der Waals surface area contributed by atoms with Crippen LogP contribution in [-0.4, -0.2) is 16.8 Å². The molecular formula is C8H17O2PS. The van der Waals surface area contributed by atoms with Crippen molar-refractivity contribution in [1.29, 1.82) is 0 Å². The Morgan fingerprint density at radius 3 is 2.67 bits per heavy atom. The largest absolute Gasteiger partial charge is 0.342 e. The highest BCUT2D eigenvalue weighted by molar-refractivity contribution is 8.52. The molecule has 0 aromatic rings. The first kappa shape index (κ1) is 10.8. The fourth-order valence-electron chi connectivity index (χ4n) is 1.44. The second-order valence-corrected chi connectivity index (χ2v) is 6.25. The van der Waals surface area contributed by atoms with Gasteiger partial charge in [0.05, 0.1) is 6.10 Å². The maximum Gasteiger partial charge on any atom is 0.235 e. The van der Waals surface area contributed by atoms with Crippen LogP contribution in [0.1, 0.15) is 39.0 Å². The van der Waals surface area contributed by atoms with E-state index in [1.54, 1.807) is 0 Å². The molecule has 1 N–H and O–H groups in total. The SMILES string of the molecule is CCSP(O)OC1CCCCC1. The molecule has 1 fully saturated rings. The van der Waals surface area contributed by atoms with E-state index in [-0.39, 0.29) is 0 Å². The summed E-state index contributed by atoms with van der Waals surface area (Å²) in [5.74, 6) is 0.939. The maximum atomic E-state index is 9.41. The zero-order valence-corrected chi connectivity index (χ0v) is 9.24. The first-order valence-corrected chi connectivity index (χ1v) is 7.42. The van der Waals surface area contributed by atoms with Crippen molar-refractivity contribution in [3.63, 3.8) is 0 Å². The molecule has 72 valence electrons. The molecule has 1 rings (SSSR count). The Kier molecular flexibility index (Phi) is 5.57. The fraction of sp³-hybridized carbons (Fsp3) is 1.00. The van der Waals surface area contributed by atoms with Gasteiger partial charge in [-0.2, -0.15) is 0 Å². The second kappa shape index (κ2) is 6.20. The summed E-state index contributed by atoms with van der Waals surface area (Å²) in [5.41, 5.74) is 0. The van der Waals surface area contributed by atoms with Gasteiger partial charge >= 0.3 is 0 Å². The molecule has 1 aliphatic rings. The minimum atomic E-state index is -1.19. The summed E-state index contributed by atoms with van der Waals surface area (Å²) in [5, 5.41) is 0. The van der Waals surface area contributed by atoms with Gasteiger partial charge in [-0.05, 0) is 18.6 Å². The van der Waals surface area contributed by atoms with E-state index >= 15 is 0 Å². The normalized spacial score (nSPS) is 22.5. The molecule has 0 saturated heterocycles. The molecule has 2 nitrogen and oxygen atoms in total. The monoisotopic (exact) mass is 208 g/mol. The molecule has 1 aliphatic carbocycles. The van der Waals surface area contributed by atoms with Gasteiger partial charge in [0.2, 0.25) is 7.58 Å². The Balaban J connectivity index is 2.11. The van der Waals surface area contributed by atoms with Gasteiger partial charge in [-0.15, -0.1) is 0 Å². The minimum Gasteiger partial charge on any atom is -0.342 e. The van der Waals surface area contributed by atoms with Gasteiger partial charge in [-0.25, -0.2) is 0 Å². The van der Waals surface area contributed by atoms with E-state index in [0.717, 1.165) is 18.6 Å². The van der Waals surface area contributed by atoms with Gasteiger partial charge in [0, 0.05) is 0 Å². The molecule has 0 aromatic heterocycles. The fourth-order valence-corrected chi connectivity index (χ4v) is 3.40. The summed E-state index contributed by atoms with van der Waals surface area (Å²) in [6.45, 7) is 2.04. The Hall–Kier alpha value is 0.700. The van der Waals surface area contributed by atoms with Crippen molar-refractivity contribution in [2.75, 3.05) is 5.75 Å². The van der Waals surface area contributed by atoms with Crippen molar-refractivity contribution in [2.45, 2.75) is 45.1 Å². The summed E-state index contributed by atoms with van der Waals surface area (Å²) in [4.78, 5) is 9.41. The van der Waals surface area contributed by atoms with E-state index in [0.29, 0.717) is 6.10 Å². The zero-order valence-electron chi connectivity index (χ0n) is 7.53. The van der Waals surface area contributed by atoms with Crippen molar-refractivity contribution in [1.82, 2.24) is 0 Å². The maximum absolute atomic E-state index is 9.41. The van der Waals surface area contributed by atoms with Crippen LogP contribution in [0.4, 0.5) is 0 Å². The lowest BCUT2D eigenvalue weighted by atomic mass is 9.98. The third-order valence-corrected chi connectivity index (χ3v) is 4.68. The first-order valence-electron chi connectivity index (χ1n) is 4.61. The van der Waals surface area contributed by atoms with Crippen molar-refractivity contribution >= 4 is 19.0 Å². The average molecular weight is 208 g/mol. The van der Waals surface area contributed by atoms with Gasteiger partial charge in [0.1, 0.15) is 0 Å². The number of rotatable bonds is 4. The van der Waals surface area contributed by atoms with Crippen LogP contribution in [0.2, 0.25) is 0 Å². The molecule has 0 bridgehead atoms. The van der Waals surface area contributed by atoms with Gasteiger partial charge in [-0.3, -0.25) is 0 Å². The van der Waals surface area contributed by atoms with Gasteiger partial charge in [0.15, 0.2) is 0 Å². The van der Waals surface area contributed by atoms with E-state index in [1.165, 1.54) is 30.6 Å². The molecule has 0 heterocycles. The van der Waals surface area contributed by atoms with Crippen molar-refractivity contribution in [2.24, 2.45) is 0 Å². The van der Waals surface area contributed by atoms with E-state index < -0.39 is 7.58 Å². The molecule has 0 aromatic carbocycles. The van der Waals surface area contributed by atoms with Gasteiger partial charge < -0.3 is 9.42 Å². The highest BCUT2D eigenvalue weighted by Gasteiger charge is 2.17. The molecule has 1 saturated carbocycles. The third-order valence-electron chi connectivity index (χ3n) is 2.03. The molecule has 1 unspecified atom stereocenters. The highest BCUT2D eigenvalue weighted by Crippen LogP contribution is 2.48. The van der Waals surface area contributed by atoms with Crippen LogP contribution in [0.5, 0.6) is 0 Å². The van der Waals surface area contributed by atoms with Crippen molar-refractivity contribution < 1.29 is 9.42 Å². The molecule has 0 radical (unpaired) electrons. The van der Waals surface area contributed by atoms with E-state index in [4.69, 9.17) is 4.52 Å². The molecule has 12 heavy (non-hydrogen) atoms. The zero-order chi connectivity index (χ0) is 8.81. The molecule has 1 atom stereocenters. The number of hydrogen-bond acceptors (Lipinski definition) is 3. The van der Waals surface area contributed by atoms with E-state index in [2.05, 4.69) is 0 Å². The Morgan fingerprint density at radius 1 is 1.42 bits per heavy atom. The smallest absolute Gasteiger partial charge is 0.235 e. The van der Waals surface area contributed by atoms with Crippen LogP contribution in [0, 0.1) is 0 Å². The predicted octanol–water partition coefficient (Wildman–Crippen LogP) is 3.31. The number of hydrogen-bond donors (Lipinski definition) is 1. The second-order valence-electron chi connectivity index (χ2n) is 3.02. The topological polar surface area (TPSA) is 29.5 Å². The standard InChI is InChI=1S/C8H17O2PS/c1-2-12-11(9)10-8-6-4-3-5-7-8/h8-9H,2-7H2,1H3. The predicted molar refractivity (Wildman–Crippen MR) is 55.2 cm³/mol. The molecule has 0 amide bonds. The van der Waals surface area contributed by atoms with E-state index in [9.17, 15) is 4.89 Å². The summed E-state index contributed by atoms with van der Waals surface area (Å²) < 4.78 is 5.52. The van der Waals surface area contributed by atoms with Crippen LogP contribution in [0.15, 0.2) is 0 Å². The highest BCUT2D eigenvalue weighted by atomic mass is 32.7. The summed E-state index contributed by atoms with van der Waals surface area (Å²) in [7, 11) is -1.19. The van der Waals surface area contributed by atoms with Crippen LogP contribution >= 0.6 is 19.0 Å². The van der Waals surface area contributed by atoms with Gasteiger partial charge in [-0.1, -0.05) is 37.6 Å². The minimum absolute atomic E-state index is 0.342. The van der Waals surface area contributed by atoms with Gasteiger partial charge in [0.25, 0.3) is 0 Å². The Labute approximate surface area is 79.7 Å². The Bertz CT molecular complexity index is 118. The lowest BCUT2D eigenvalue weighted by molar-refractivity contribution is 0.162. The summed E-state index contributed by atoms with van der Waals surface area (Å²) >= 11 is 1.52. The summed E-state index contributed by atoms with van der Waals surface area (Å²) in [6.07, 6.45) is 6.50. The van der Waals surface area contributed by atoms with Crippen LogP contribution in [0.3, 0.4) is 0 Å². The van der Waals surface area contributed by atoms with Crippen LogP contribution < -0.4 is 0 Å². The van der Waals surface area contributed by atoms with E-state index in [1.807, 2.05) is 6.92 Å². The molecule has 4 heteroatoms. The molecule has 0 aliphatic heterocycles. The third kappa shape index (κ3) is 4.08. The molecule has 0 spiro atoms. The van der Waals surface area contributed by atoms with Crippen LogP contribution in [-0.2, 0) is 4.52 Å².